The molecule has 0 spiro atoms. The van der Waals surface area contributed by atoms with Crippen LogP contribution in [0, 0.1) is 11.8 Å². The lowest BCUT2D eigenvalue weighted by molar-refractivity contribution is -0.148. The van der Waals surface area contributed by atoms with Crippen LogP contribution >= 0.6 is 0 Å². The highest BCUT2D eigenvalue weighted by Crippen LogP contribution is 2.38. The first-order chi connectivity index (χ1) is 10.6. The van der Waals surface area contributed by atoms with Crippen molar-refractivity contribution in [3.8, 4) is 0 Å². The molecule has 3 amide bonds. The zero-order valence-corrected chi connectivity index (χ0v) is 13.4. The topological polar surface area (TPSA) is 57.7 Å². The van der Waals surface area contributed by atoms with Crippen molar-refractivity contribution in [2.45, 2.75) is 64.3 Å². The average Bonchev–Trinajstić information content (AvgIpc) is 2.80. The molecule has 122 valence electrons. The van der Waals surface area contributed by atoms with Gasteiger partial charge in [-0.25, -0.2) is 0 Å². The second kappa shape index (κ2) is 6.39. The Kier molecular flexibility index (Phi) is 4.50. The smallest absolute Gasteiger partial charge is 0.242 e. The van der Waals surface area contributed by atoms with Gasteiger partial charge in [-0.3, -0.25) is 19.3 Å². The van der Waals surface area contributed by atoms with Gasteiger partial charge in [0.05, 0.1) is 11.8 Å². The SMILES string of the molecule is CCC1CCCCN1C(=O)CN1C(=O)C2CCCCC2C1=O. The molecule has 3 unspecified atom stereocenters. The maximum absolute atomic E-state index is 12.6. The Hall–Kier alpha value is -1.39. The van der Waals surface area contributed by atoms with Crippen LogP contribution in [0.3, 0.4) is 0 Å². The number of imide groups is 1. The van der Waals surface area contributed by atoms with E-state index in [2.05, 4.69) is 6.92 Å². The first-order valence-electron chi connectivity index (χ1n) is 8.78. The standard InChI is InChI=1S/C17H26N2O3/c1-2-12-7-5-6-10-18(12)15(20)11-19-16(21)13-8-3-4-9-14(13)17(19)22/h12-14H,2-11H2,1H3. The summed E-state index contributed by atoms with van der Waals surface area (Å²) in [6.45, 7) is 2.82. The van der Waals surface area contributed by atoms with Gasteiger partial charge in [0.2, 0.25) is 17.7 Å². The number of amides is 3. The zero-order valence-electron chi connectivity index (χ0n) is 13.4. The number of nitrogens with zero attached hydrogens (tertiary/aromatic N) is 2. The number of carbonyl (C=O) groups is 3. The van der Waals surface area contributed by atoms with Crippen LogP contribution in [0.5, 0.6) is 0 Å². The fourth-order valence-corrected chi connectivity index (χ4v) is 4.37. The predicted molar refractivity (Wildman–Crippen MR) is 81.8 cm³/mol. The van der Waals surface area contributed by atoms with Gasteiger partial charge < -0.3 is 4.90 Å². The molecule has 1 saturated carbocycles. The Balaban J connectivity index is 1.68. The monoisotopic (exact) mass is 306 g/mol. The van der Waals surface area contributed by atoms with Crippen LogP contribution in [-0.2, 0) is 14.4 Å². The number of rotatable bonds is 3. The molecular weight excluding hydrogens is 280 g/mol. The maximum atomic E-state index is 12.6. The van der Waals surface area contributed by atoms with Crippen molar-refractivity contribution in [1.82, 2.24) is 9.80 Å². The zero-order chi connectivity index (χ0) is 15.7. The van der Waals surface area contributed by atoms with E-state index < -0.39 is 0 Å². The van der Waals surface area contributed by atoms with Crippen molar-refractivity contribution in [2.75, 3.05) is 13.1 Å². The van der Waals surface area contributed by atoms with E-state index in [1.54, 1.807) is 0 Å². The normalized spacial score (nSPS) is 32.3. The first kappa shape index (κ1) is 15.5. The molecular formula is C17H26N2O3. The molecule has 3 rings (SSSR count). The van der Waals surface area contributed by atoms with E-state index in [9.17, 15) is 14.4 Å². The van der Waals surface area contributed by atoms with Crippen molar-refractivity contribution in [3.05, 3.63) is 0 Å². The lowest BCUT2D eigenvalue weighted by Gasteiger charge is -2.36. The minimum absolute atomic E-state index is 0.0405. The molecule has 0 bridgehead atoms. The Morgan fingerprint density at radius 1 is 1.00 bits per heavy atom. The van der Waals surface area contributed by atoms with Crippen LogP contribution in [0.4, 0.5) is 0 Å². The molecule has 2 heterocycles. The van der Waals surface area contributed by atoms with E-state index in [-0.39, 0.29) is 42.1 Å². The number of piperidine rings is 1. The summed E-state index contributed by atoms with van der Waals surface area (Å²) in [4.78, 5) is 40.7. The van der Waals surface area contributed by atoms with Crippen molar-refractivity contribution < 1.29 is 14.4 Å². The van der Waals surface area contributed by atoms with E-state index in [0.29, 0.717) is 0 Å². The van der Waals surface area contributed by atoms with Crippen LogP contribution < -0.4 is 0 Å². The van der Waals surface area contributed by atoms with E-state index >= 15 is 0 Å². The summed E-state index contributed by atoms with van der Waals surface area (Å²) < 4.78 is 0. The second-order valence-electron chi connectivity index (χ2n) is 6.91. The van der Waals surface area contributed by atoms with Gasteiger partial charge in [0.25, 0.3) is 0 Å². The summed E-state index contributed by atoms with van der Waals surface area (Å²) in [5.41, 5.74) is 0. The number of hydrogen-bond acceptors (Lipinski definition) is 3. The van der Waals surface area contributed by atoms with Crippen molar-refractivity contribution in [3.63, 3.8) is 0 Å². The maximum Gasteiger partial charge on any atom is 0.242 e. The van der Waals surface area contributed by atoms with Crippen LogP contribution in [-0.4, -0.2) is 46.7 Å². The largest absolute Gasteiger partial charge is 0.338 e. The Labute approximate surface area is 132 Å². The van der Waals surface area contributed by atoms with Crippen LogP contribution in [0.1, 0.15) is 58.3 Å². The highest BCUT2D eigenvalue weighted by molar-refractivity contribution is 6.07. The van der Waals surface area contributed by atoms with Gasteiger partial charge in [-0.2, -0.15) is 0 Å². The minimum Gasteiger partial charge on any atom is -0.338 e. The molecule has 3 fully saturated rings. The molecule has 0 aromatic rings. The summed E-state index contributed by atoms with van der Waals surface area (Å²) in [6.07, 6.45) is 7.82. The van der Waals surface area contributed by atoms with Crippen molar-refractivity contribution >= 4 is 17.7 Å². The van der Waals surface area contributed by atoms with Gasteiger partial charge in [-0.1, -0.05) is 19.8 Å². The van der Waals surface area contributed by atoms with Gasteiger partial charge in [0, 0.05) is 12.6 Å². The molecule has 5 nitrogen and oxygen atoms in total. The van der Waals surface area contributed by atoms with Gasteiger partial charge in [-0.05, 0) is 38.5 Å². The summed E-state index contributed by atoms with van der Waals surface area (Å²) in [5.74, 6) is -0.567. The first-order valence-corrected chi connectivity index (χ1v) is 8.78. The third kappa shape index (κ3) is 2.66. The molecule has 22 heavy (non-hydrogen) atoms. The van der Waals surface area contributed by atoms with Gasteiger partial charge in [0.1, 0.15) is 6.54 Å². The molecule has 0 aromatic carbocycles. The van der Waals surface area contributed by atoms with Gasteiger partial charge >= 0.3 is 0 Å². The molecule has 2 aliphatic heterocycles. The van der Waals surface area contributed by atoms with E-state index in [1.165, 1.54) is 4.90 Å². The number of fused-ring (bicyclic) bond motifs is 1. The lowest BCUT2D eigenvalue weighted by atomic mass is 9.81. The van der Waals surface area contributed by atoms with Crippen LogP contribution in [0.15, 0.2) is 0 Å². The molecule has 0 aromatic heterocycles. The summed E-state index contributed by atoms with van der Waals surface area (Å²) in [5, 5.41) is 0. The van der Waals surface area contributed by atoms with Crippen molar-refractivity contribution in [1.29, 1.82) is 0 Å². The molecule has 1 aliphatic carbocycles. The van der Waals surface area contributed by atoms with E-state index in [0.717, 1.165) is 57.9 Å². The molecule has 2 saturated heterocycles. The number of carbonyl (C=O) groups excluding carboxylic acids is 3. The third-order valence-electron chi connectivity index (χ3n) is 5.64. The van der Waals surface area contributed by atoms with Gasteiger partial charge in [0.15, 0.2) is 0 Å². The predicted octanol–water partition coefficient (Wildman–Crippen LogP) is 1.95. The van der Waals surface area contributed by atoms with E-state index in [4.69, 9.17) is 0 Å². The Morgan fingerprint density at radius 2 is 1.59 bits per heavy atom. The number of likely N-dealkylation sites (tertiary alicyclic amines) is 2. The average molecular weight is 306 g/mol. The quantitative estimate of drug-likeness (QED) is 0.749. The fraction of sp³-hybridized carbons (Fsp3) is 0.824. The summed E-state index contributed by atoms with van der Waals surface area (Å²) in [7, 11) is 0. The van der Waals surface area contributed by atoms with Crippen LogP contribution in [0.2, 0.25) is 0 Å². The molecule has 3 atom stereocenters. The van der Waals surface area contributed by atoms with Crippen LogP contribution in [0.25, 0.3) is 0 Å². The third-order valence-corrected chi connectivity index (χ3v) is 5.64. The minimum atomic E-state index is -0.155. The number of hydrogen-bond donors (Lipinski definition) is 0. The second-order valence-corrected chi connectivity index (χ2v) is 6.91. The highest BCUT2D eigenvalue weighted by atomic mass is 16.2. The van der Waals surface area contributed by atoms with E-state index in [1.807, 2.05) is 4.90 Å². The lowest BCUT2D eigenvalue weighted by Crippen LogP contribution is -2.49. The summed E-state index contributed by atoms with van der Waals surface area (Å²) in [6, 6.07) is 0.274. The van der Waals surface area contributed by atoms with Crippen molar-refractivity contribution in [2.24, 2.45) is 11.8 Å². The van der Waals surface area contributed by atoms with Gasteiger partial charge in [-0.15, -0.1) is 0 Å². The molecule has 0 radical (unpaired) electrons. The summed E-state index contributed by atoms with van der Waals surface area (Å²) >= 11 is 0. The molecule has 0 N–H and O–H groups in total. The fourth-order valence-electron chi connectivity index (χ4n) is 4.37. The highest BCUT2D eigenvalue weighted by Gasteiger charge is 2.48. The Bertz CT molecular complexity index is 453. The molecule has 3 aliphatic rings. The molecule has 5 heteroatoms. The Morgan fingerprint density at radius 3 is 2.18 bits per heavy atom.